The van der Waals surface area contributed by atoms with E-state index < -0.39 is 11.7 Å². The van der Waals surface area contributed by atoms with Gasteiger partial charge in [-0.15, -0.1) is 0 Å². The lowest BCUT2D eigenvalue weighted by Gasteiger charge is -2.32. The van der Waals surface area contributed by atoms with Gasteiger partial charge in [0.2, 0.25) is 12.7 Å². The van der Waals surface area contributed by atoms with Crippen LogP contribution in [0.4, 0.5) is 30.6 Å². The van der Waals surface area contributed by atoms with Crippen molar-refractivity contribution in [3.63, 3.8) is 0 Å². The molecule has 2 aliphatic heterocycles. The Morgan fingerprint density at radius 3 is 2.36 bits per heavy atom. The third-order valence-corrected chi connectivity index (χ3v) is 7.90. The van der Waals surface area contributed by atoms with Crippen LogP contribution in [-0.4, -0.2) is 50.3 Å². The molecule has 226 valence electrons. The van der Waals surface area contributed by atoms with E-state index in [2.05, 4.69) is 44.8 Å². The average Bonchev–Trinajstić information content (AvgIpc) is 3.66. The number of hydrogen-bond donors (Lipinski definition) is 2. The number of nitrogens with zero attached hydrogens (tertiary/aromatic N) is 5. The Kier molecular flexibility index (Phi) is 7.42. The molecule has 2 aromatic heterocycles. The maximum Gasteiger partial charge on any atom is 0.416 e. The first-order chi connectivity index (χ1) is 21.4. The standard InChI is InChI=1S/C32H30F3N7O2/c33-32(34,35)23-8-6-22(7-9-23)18-42-19-36-28-29(37-25-10-11-26-27(16-25)44-20-43-26)39-31(40-30(28)42)38-24-12-14-41(15-13-24)17-21-4-2-1-3-5-21/h1-11,16,19,24H,12-15,17-18,20H2,(H2,37,38,39,40). The summed E-state index contributed by atoms with van der Waals surface area (Å²) < 4.78 is 52.1. The smallest absolute Gasteiger partial charge is 0.416 e. The fraction of sp³-hybridized carbons (Fsp3) is 0.281. The molecule has 2 aliphatic rings. The molecular weight excluding hydrogens is 571 g/mol. The van der Waals surface area contributed by atoms with Gasteiger partial charge in [-0.25, -0.2) is 4.98 Å². The van der Waals surface area contributed by atoms with Crippen LogP contribution in [0.15, 0.2) is 79.1 Å². The third-order valence-electron chi connectivity index (χ3n) is 7.90. The average molecular weight is 602 g/mol. The molecule has 12 heteroatoms. The van der Waals surface area contributed by atoms with Crippen molar-refractivity contribution in [3.8, 4) is 11.5 Å². The van der Waals surface area contributed by atoms with Gasteiger partial charge < -0.3 is 24.7 Å². The van der Waals surface area contributed by atoms with Crippen molar-refractivity contribution in [1.29, 1.82) is 0 Å². The van der Waals surface area contributed by atoms with Gasteiger partial charge >= 0.3 is 6.18 Å². The molecule has 0 atom stereocenters. The summed E-state index contributed by atoms with van der Waals surface area (Å²) in [6.45, 7) is 3.28. The monoisotopic (exact) mass is 601 g/mol. The van der Waals surface area contributed by atoms with Gasteiger partial charge in [0.25, 0.3) is 0 Å². The van der Waals surface area contributed by atoms with Gasteiger partial charge in [-0.05, 0) is 48.2 Å². The van der Waals surface area contributed by atoms with Crippen molar-refractivity contribution in [2.45, 2.75) is 38.1 Å². The molecule has 3 aromatic carbocycles. The first-order valence-corrected chi connectivity index (χ1v) is 14.5. The van der Waals surface area contributed by atoms with Gasteiger partial charge in [-0.1, -0.05) is 42.5 Å². The normalized spacial score (nSPS) is 15.5. The SMILES string of the molecule is FC(F)(F)c1ccc(Cn2cnc3c(Nc4ccc5c(c4)OCO5)nc(NC4CCN(Cc5ccccc5)CC4)nc32)cc1. The van der Waals surface area contributed by atoms with E-state index in [9.17, 15) is 13.2 Å². The molecule has 1 fully saturated rings. The van der Waals surface area contributed by atoms with Crippen molar-refractivity contribution >= 4 is 28.6 Å². The van der Waals surface area contributed by atoms with Crippen molar-refractivity contribution in [3.05, 3.63) is 95.8 Å². The number of hydrogen-bond acceptors (Lipinski definition) is 8. The molecule has 0 bridgehead atoms. The summed E-state index contributed by atoms with van der Waals surface area (Å²) in [6, 6.07) is 21.3. The summed E-state index contributed by atoms with van der Waals surface area (Å²) in [7, 11) is 0. The lowest BCUT2D eigenvalue weighted by Crippen LogP contribution is -2.39. The summed E-state index contributed by atoms with van der Waals surface area (Å²) in [5.41, 5.74) is 3.15. The zero-order valence-electron chi connectivity index (χ0n) is 23.7. The fourth-order valence-electron chi connectivity index (χ4n) is 5.58. The summed E-state index contributed by atoms with van der Waals surface area (Å²) in [5, 5.41) is 6.88. The van der Waals surface area contributed by atoms with E-state index in [1.807, 2.05) is 28.8 Å². The highest BCUT2D eigenvalue weighted by atomic mass is 19.4. The van der Waals surface area contributed by atoms with Gasteiger partial charge in [-0.2, -0.15) is 23.1 Å². The Bertz CT molecular complexity index is 1750. The summed E-state index contributed by atoms with van der Waals surface area (Å²) >= 11 is 0. The topological polar surface area (TPSA) is 89.4 Å². The van der Waals surface area contributed by atoms with Crippen molar-refractivity contribution in [2.24, 2.45) is 0 Å². The first-order valence-electron chi connectivity index (χ1n) is 14.5. The van der Waals surface area contributed by atoms with E-state index >= 15 is 0 Å². The highest BCUT2D eigenvalue weighted by Gasteiger charge is 2.30. The number of rotatable bonds is 8. The van der Waals surface area contributed by atoms with Crippen LogP contribution in [0.25, 0.3) is 11.2 Å². The number of anilines is 3. The van der Waals surface area contributed by atoms with Gasteiger partial charge in [0, 0.05) is 37.4 Å². The predicted molar refractivity (Wildman–Crippen MR) is 160 cm³/mol. The Balaban J connectivity index is 1.14. The zero-order valence-corrected chi connectivity index (χ0v) is 23.7. The second-order valence-corrected chi connectivity index (χ2v) is 11.0. The van der Waals surface area contributed by atoms with Crippen LogP contribution in [0.2, 0.25) is 0 Å². The summed E-state index contributed by atoms with van der Waals surface area (Å²) in [6.07, 6.45) is -0.886. The minimum atomic E-state index is -4.39. The summed E-state index contributed by atoms with van der Waals surface area (Å²) in [5.74, 6) is 2.26. The van der Waals surface area contributed by atoms with E-state index in [1.165, 1.54) is 17.7 Å². The molecule has 0 aliphatic carbocycles. The minimum absolute atomic E-state index is 0.170. The number of nitrogens with one attached hydrogen (secondary N) is 2. The van der Waals surface area contributed by atoms with E-state index in [4.69, 9.17) is 19.4 Å². The number of halogens is 3. The van der Waals surface area contributed by atoms with Crippen LogP contribution in [0.3, 0.4) is 0 Å². The van der Waals surface area contributed by atoms with Crippen molar-refractivity contribution < 1.29 is 22.6 Å². The molecule has 0 unspecified atom stereocenters. The highest BCUT2D eigenvalue weighted by molar-refractivity contribution is 5.87. The molecule has 0 amide bonds. The van der Waals surface area contributed by atoms with Crippen LogP contribution in [0, 0.1) is 0 Å². The zero-order chi connectivity index (χ0) is 30.1. The first kappa shape index (κ1) is 28.0. The number of imidazole rings is 1. The second-order valence-electron chi connectivity index (χ2n) is 11.0. The fourth-order valence-corrected chi connectivity index (χ4v) is 5.58. The second kappa shape index (κ2) is 11.7. The maximum atomic E-state index is 13.1. The van der Waals surface area contributed by atoms with Crippen LogP contribution < -0.4 is 20.1 Å². The largest absolute Gasteiger partial charge is 0.454 e. The van der Waals surface area contributed by atoms with Gasteiger partial charge in [0.15, 0.2) is 28.5 Å². The number of alkyl halides is 3. The van der Waals surface area contributed by atoms with Crippen molar-refractivity contribution in [2.75, 3.05) is 30.5 Å². The number of aromatic nitrogens is 4. The molecule has 1 saturated heterocycles. The van der Waals surface area contributed by atoms with E-state index in [1.54, 1.807) is 6.33 Å². The Labute approximate surface area is 251 Å². The Morgan fingerprint density at radius 2 is 1.59 bits per heavy atom. The van der Waals surface area contributed by atoms with E-state index in [0.717, 1.165) is 50.3 Å². The highest BCUT2D eigenvalue weighted by Crippen LogP contribution is 2.36. The van der Waals surface area contributed by atoms with Crippen LogP contribution >= 0.6 is 0 Å². The minimum Gasteiger partial charge on any atom is -0.454 e. The molecule has 7 rings (SSSR count). The van der Waals surface area contributed by atoms with Crippen molar-refractivity contribution in [1.82, 2.24) is 24.4 Å². The summed E-state index contributed by atoms with van der Waals surface area (Å²) in [4.78, 5) is 16.7. The van der Waals surface area contributed by atoms with Gasteiger partial charge in [0.1, 0.15) is 0 Å². The van der Waals surface area contributed by atoms with Crippen LogP contribution in [0.1, 0.15) is 29.5 Å². The van der Waals surface area contributed by atoms with E-state index in [0.29, 0.717) is 46.5 Å². The lowest BCUT2D eigenvalue weighted by atomic mass is 10.0. The molecular formula is C32H30F3N7O2. The Morgan fingerprint density at radius 1 is 0.841 bits per heavy atom. The molecule has 9 nitrogen and oxygen atoms in total. The van der Waals surface area contributed by atoms with Gasteiger partial charge in [0.05, 0.1) is 18.4 Å². The van der Waals surface area contributed by atoms with Gasteiger partial charge in [-0.3, -0.25) is 4.90 Å². The van der Waals surface area contributed by atoms with E-state index in [-0.39, 0.29) is 12.8 Å². The van der Waals surface area contributed by atoms with Crippen LogP contribution in [0.5, 0.6) is 11.5 Å². The predicted octanol–water partition coefficient (Wildman–Crippen LogP) is 6.44. The number of fused-ring (bicyclic) bond motifs is 2. The Hall–Kier alpha value is -4.84. The molecule has 44 heavy (non-hydrogen) atoms. The number of ether oxygens (including phenoxy) is 2. The lowest BCUT2D eigenvalue weighted by molar-refractivity contribution is -0.137. The number of piperidine rings is 1. The molecule has 4 heterocycles. The van der Waals surface area contributed by atoms with Crippen LogP contribution in [-0.2, 0) is 19.3 Å². The molecule has 0 spiro atoms. The molecule has 0 saturated carbocycles. The molecule has 0 radical (unpaired) electrons. The molecule has 2 N–H and O–H groups in total. The maximum absolute atomic E-state index is 13.1. The molecule has 5 aromatic rings. The quantitative estimate of drug-likeness (QED) is 0.210. The number of benzene rings is 3. The third kappa shape index (κ3) is 6.11. The number of likely N-dealkylation sites (tertiary alicyclic amines) is 1.